The van der Waals surface area contributed by atoms with Crippen LogP contribution in [0.15, 0.2) is 0 Å². The van der Waals surface area contributed by atoms with Gasteiger partial charge in [0.1, 0.15) is 19.2 Å². The highest BCUT2D eigenvalue weighted by molar-refractivity contribution is 5.84. The molecule has 17 heavy (non-hydrogen) atoms. The number of halogens is 3. The zero-order valence-electron chi connectivity index (χ0n) is 8.87. The van der Waals surface area contributed by atoms with Gasteiger partial charge in [-0.05, 0) is 12.8 Å². The van der Waals surface area contributed by atoms with E-state index in [0.29, 0.717) is 19.4 Å². The molecule has 0 saturated carbocycles. The van der Waals surface area contributed by atoms with Crippen molar-refractivity contribution in [3.63, 3.8) is 0 Å². The van der Waals surface area contributed by atoms with E-state index >= 15 is 0 Å². The number of carboxylic acid groups (broad SMARTS) is 1. The standard InChI is InChI=1S/C9H12F3NO4/c10-9(11,12)5-13(4-7(14)15)8(16)6-2-1-3-17-6/h6H,1-5H2,(H,14,15)/t6-/m0/s1. The molecule has 0 aromatic rings. The summed E-state index contributed by atoms with van der Waals surface area (Å²) in [5, 5.41) is 8.47. The van der Waals surface area contributed by atoms with E-state index < -0.39 is 37.2 Å². The molecule has 98 valence electrons. The van der Waals surface area contributed by atoms with Crippen molar-refractivity contribution in [2.75, 3.05) is 19.7 Å². The van der Waals surface area contributed by atoms with Gasteiger partial charge in [0.15, 0.2) is 0 Å². The van der Waals surface area contributed by atoms with Gasteiger partial charge in [-0.1, -0.05) is 0 Å². The van der Waals surface area contributed by atoms with Gasteiger partial charge in [0.25, 0.3) is 5.91 Å². The summed E-state index contributed by atoms with van der Waals surface area (Å²) in [5.74, 6) is -2.40. The van der Waals surface area contributed by atoms with Crippen molar-refractivity contribution in [2.45, 2.75) is 25.1 Å². The van der Waals surface area contributed by atoms with Crippen LogP contribution in [0.4, 0.5) is 13.2 Å². The van der Waals surface area contributed by atoms with Crippen molar-refractivity contribution in [2.24, 2.45) is 0 Å². The number of carbonyl (C=O) groups excluding carboxylic acids is 1. The second-order valence-electron chi connectivity index (χ2n) is 3.70. The molecule has 1 aliphatic heterocycles. The van der Waals surface area contributed by atoms with Crippen molar-refractivity contribution < 1.29 is 32.6 Å². The average Bonchev–Trinajstić information content (AvgIpc) is 2.65. The van der Waals surface area contributed by atoms with Crippen molar-refractivity contribution in [1.82, 2.24) is 4.90 Å². The lowest BCUT2D eigenvalue weighted by atomic mass is 10.2. The number of hydrogen-bond donors (Lipinski definition) is 1. The molecule has 0 aromatic carbocycles. The van der Waals surface area contributed by atoms with Gasteiger partial charge >= 0.3 is 12.1 Å². The number of nitrogens with zero attached hydrogens (tertiary/aromatic N) is 1. The molecule has 1 aliphatic rings. The molecule has 1 fully saturated rings. The summed E-state index contributed by atoms with van der Waals surface area (Å²) in [6.07, 6.45) is -4.66. The molecule has 0 spiro atoms. The number of hydrogen-bond acceptors (Lipinski definition) is 3. The molecule has 5 nitrogen and oxygen atoms in total. The molecule has 8 heteroatoms. The summed E-state index contributed by atoms with van der Waals surface area (Å²) >= 11 is 0. The molecule has 1 rings (SSSR count). The fourth-order valence-electron chi connectivity index (χ4n) is 1.57. The highest BCUT2D eigenvalue weighted by Crippen LogP contribution is 2.20. The topological polar surface area (TPSA) is 66.8 Å². The Bertz CT molecular complexity index is 299. The molecule has 0 radical (unpaired) electrons. The van der Waals surface area contributed by atoms with Gasteiger partial charge in [-0.3, -0.25) is 9.59 Å². The van der Waals surface area contributed by atoms with Gasteiger partial charge in [0.2, 0.25) is 0 Å². The predicted octanol–water partition coefficient (Wildman–Crippen LogP) is 0.641. The van der Waals surface area contributed by atoms with Crippen LogP contribution >= 0.6 is 0 Å². The Morgan fingerprint density at radius 1 is 1.41 bits per heavy atom. The van der Waals surface area contributed by atoms with Gasteiger partial charge in [-0.15, -0.1) is 0 Å². The van der Waals surface area contributed by atoms with E-state index in [1.807, 2.05) is 0 Å². The lowest BCUT2D eigenvalue weighted by molar-refractivity contribution is -0.170. The Kier molecular flexibility index (Phi) is 4.33. The maximum atomic E-state index is 12.2. The summed E-state index contributed by atoms with van der Waals surface area (Å²) in [5.41, 5.74) is 0. The van der Waals surface area contributed by atoms with E-state index in [-0.39, 0.29) is 4.90 Å². The summed E-state index contributed by atoms with van der Waals surface area (Å²) in [6.45, 7) is -2.24. The Morgan fingerprint density at radius 2 is 2.06 bits per heavy atom. The number of alkyl halides is 3. The lowest BCUT2D eigenvalue weighted by Gasteiger charge is -2.24. The first-order valence-electron chi connectivity index (χ1n) is 4.98. The number of aliphatic carboxylic acids is 1. The fourth-order valence-corrected chi connectivity index (χ4v) is 1.57. The summed E-state index contributed by atoms with van der Waals surface area (Å²) < 4.78 is 41.5. The predicted molar refractivity (Wildman–Crippen MR) is 49.2 cm³/mol. The first-order chi connectivity index (χ1) is 7.79. The Balaban J connectivity index is 2.67. The van der Waals surface area contributed by atoms with Crippen molar-refractivity contribution in [1.29, 1.82) is 0 Å². The van der Waals surface area contributed by atoms with Crippen LogP contribution in [-0.2, 0) is 14.3 Å². The van der Waals surface area contributed by atoms with Crippen LogP contribution in [0.25, 0.3) is 0 Å². The summed E-state index contributed by atoms with van der Waals surface area (Å²) in [6, 6.07) is 0. The molecule has 0 aliphatic carbocycles. The van der Waals surface area contributed by atoms with Crippen molar-refractivity contribution in [3.05, 3.63) is 0 Å². The zero-order valence-corrected chi connectivity index (χ0v) is 8.87. The normalized spacial score (nSPS) is 20.3. The SMILES string of the molecule is O=C(O)CN(CC(F)(F)F)C(=O)[C@@H]1CCCO1. The van der Waals surface area contributed by atoms with Gasteiger partial charge < -0.3 is 14.7 Å². The van der Waals surface area contributed by atoms with E-state index in [2.05, 4.69) is 0 Å². The highest BCUT2D eigenvalue weighted by atomic mass is 19.4. The van der Waals surface area contributed by atoms with Crippen molar-refractivity contribution >= 4 is 11.9 Å². The first-order valence-corrected chi connectivity index (χ1v) is 4.98. The third-order valence-electron chi connectivity index (χ3n) is 2.21. The number of carbonyl (C=O) groups is 2. The largest absolute Gasteiger partial charge is 0.480 e. The maximum Gasteiger partial charge on any atom is 0.406 e. The number of carboxylic acids is 1. The van der Waals surface area contributed by atoms with Crippen LogP contribution in [0.1, 0.15) is 12.8 Å². The van der Waals surface area contributed by atoms with Gasteiger partial charge in [0, 0.05) is 6.61 Å². The van der Waals surface area contributed by atoms with Crippen LogP contribution in [0.3, 0.4) is 0 Å². The lowest BCUT2D eigenvalue weighted by Crippen LogP contribution is -2.46. The van der Waals surface area contributed by atoms with Gasteiger partial charge in [-0.25, -0.2) is 0 Å². The van der Waals surface area contributed by atoms with E-state index in [9.17, 15) is 22.8 Å². The summed E-state index contributed by atoms with van der Waals surface area (Å²) in [7, 11) is 0. The molecular formula is C9H12F3NO4. The molecule has 0 unspecified atom stereocenters. The number of rotatable bonds is 4. The molecule has 1 amide bonds. The molecule has 0 bridgehead atoms. The third kappa shape index (κ3) is 4.59. The molecule has 1 atom stereocenters. The fraction of sp³-hybridized carbons (Fsp3) is 0.778. The highest BCUT2D eigenvalue weighted by Gasteiger charge is 2.37. The molecular weight excluding hydrogens is 243 g/mol. The van der Waals surface area contributed by atoms with E-state index in [0.717, 1.165) is 0 Å². The van der Waals surface area contributed by atoms with Crippen LogP contribution in [0.5, 0.6) is 0 Å². The third-order valence-corrected chi connectivity index (χ3v) is 2.21. The summed E-state index contributed by atoms with van der Waals surface area (Å²) in [4.78, 5) is 22.3. The second kappa shape index (κ2) is 5.35. The minimum atomic E-state index is -4.62. The Labute approximate surface area is 95.1 Å². The minimum absolute atomic E-state index is 0.262. The Hall–Kier alpha value is -1.31. The Morgan fingerprint density at radius 3 is 2.47 bits per heavy atom. The van der Waals surface area contributed by atoms with Crippen LogP contribution < -0.4 is 0 Å². The minimum Gasteiger partial charge on any atom is -0.480 e. The van der Waals surface area contributed by atoms with E-state index in [1.165, 1.54) is 0 Å². The maximum absolute atomic E-state index is 12.2. The van der Waals surface area contributed by atoms with E-state index in [4.69, 9.17) is 9.84 Å². The van der Waals surface area contributed by atoms with Crippen LogP contribution in [0, 0.1) is 0 Å². The van der Waals surface area contributed by atoms with Crippen molar-refractivity contribution in [3.8, 4) is 0 Å². The smallest absolute Gasteiger partial charge is 0.406 e. The number of ether oxygens (including phenoxy) is 1. The molecule has 1 heterocycles. The number of amides is 1. The zero-order chi connectivity index (χ0) is 13.1. The van der Waals surface area contributed by atoms with E-state index in [1.54, 1.807) is 0 Å². The first kappa shape index (κ1) is 13.8. The molecule has 1 N–H and O–H groups in total. The molecule has 0 aromatic heterocycles. The quantitative estimate of drug-likeness (QED) is 0.800. The second-order valence-corrected chi connectivity index (χ2v) is 3.70. The average molecular weight is 255 g/mol. The van der Waals surface area contributed by atoms with Gasteiger partial charge in [0.05, 0.1) is 0 Å². The molecule has 1 saturated heterocycles. The van der Waals surface area contributed by atoms with Crippen LogP contribution in [0.2, 0.25) is 0 Å². The van der Waals surface area contributed by atoms with Crippen LogP contribution in [-0.4, -0.2) is 53.9 Å². The monoisotopic (exact) mass is 255 g/mol. The van der Waals surface area contributed by atoms with Gasteiger partial charge in [-0.2, -0.15) is 13.2 Å².